The van der Waals surface area contributed by atoms with Gasteiger partial charge in [0.15, 0.2) is 12.5 Å². The number of anilines is 1. The number of aromatic nitrogens is 2. The van der Waals surface area contributed by atoms with Crippen molar-refractivity contribution >= 4 is 12.1 Å². The van der Waals surface area contributed by atoms with Gasteiger partial charge in [-0.3, -0.25) is 9.36 Å². The van der Waals surface area contributed by atoms with Crippen LogP contribution in [0.2, 0.25) is 0 Å². The van der Waals surface area contributed by atoms with E-state index in [9.17, 15) is 19.8 Å². The quantitative estimate of drug-likeness (QED) is 0.432. The number of carbonyl (C=O) groups excluding carboxylic acids is 1. The van der Waals surface area contributed by atoms with E-state index in [2.05, 4.69) is 4.98 Å². The highest BCUT2D eigenvalue weighted by Gasteiger charge is 2.43. The second-order valence-corrected chi connectivity index (χ2v) is 4.12. The third kappa shape index (κ3) is 2.24. The molecule has 2 heterocycles. The van der Waals surface area contributed by atoms with Crippen LogP contribution in [0.25, 0.3) is 0 Å². The number of hydrogen-bond acceptors (Lipinski definition) is 8. The molecule has 5 N–H and O–H groups in total. The minimum absolute atomic E-state index is 0.0441. The zero-order valence-electron chi connectivity index (χ0n) is 9.71. The lowest BCUT2D eigenvalue weighted by Crippen LogP contribution is -2.36. The Kier molecular flexibility index (Phi) is 3.62. The Morgan fingerprint density at radius 3 is 2.68 bits per heavy atom. The maximum atomic E-state index is 11.7. The van der Waals surface area contributed by atoms with Crippen LogP contribution >= 0.6 is 0 Å². The molecule has 0 spiro atoms. The summed E-state index contributed by atoms with van der Waals surface area (Å²) in [6.07, 6.45) is -3.56. The normalized spacial score (nSPS) is 30.5. The summed E-state index contributed by atoms with van der Waals surface area (Å²) in [5, 5.41) is 28.3. The fraction of sp³-hybridized carbons (Fsp3) is 0.500. The van der Waals surface area contributed by atoms with Crippen molar-refractivity contribution < 1.29 is 24.9 Å². The van der Waals surface area contributed by atoms with Crippen molar-refractivity contribution in [1.29, 1.82) is 0 Å². The standard InChI is InChI=1S/C10H13N3O6/c11-8-4(2-14)1-13(10(18)12-8)9-7(17)6(16)5(3-15)19-9/h1-2,5-7,9,15-17H,3H2,(H2,11,12,18)/t5-,6+,7-,9-/m1/s1. The first-order chi connectivity index (χ1) is 8.99. The molecular formula is C10H13N3O6. The van der Waals surface area contributed by atoms with E-state index in [1.165, 1.54) is 0 Å². The molecule has 0 radical (unpaired) electrons. The molecule has 0 unspecified atom stereocenters. The third-order valence-corrected chi connectivity index (χ3v) is 2.93. The lowest BCUT2D eigenvalue weighted by Gasteiger charge is -2.17. The van der Waals surface area contributed by atoms with Gasteiger partial charge in [0.05, 0.1) is 12.2 Å². The van der Waals surface area contributed by atoms with Gasteiger partial charge in [0.2, 0.25) is 0 Å². The van der Waals surface area contributed by atoms with E-state index in [1.54, 1.807) is 0 Å². The maximum absolute atomic E-state index is 11.7. The largest absolute Gasteiger partial charge is 0.394 e. The summed E-state index contributed by atoms with van der Waals surface area (Å²) in [6, 6.07) is 0. The number of hydrogen-bond donors (Lipinski definition) is 4. The molecule has 1 aromatic heterocycles. The average molecular weight is 271 g/mol. The number of nitrogens with two attached hydrogens (primary N) is 1. The molecule has 0 aliphatic carbocycles. The molecule has 9 heteroatoms. The Hall–Kier alpha value is -1.81. The predicted molar refractivity (Wildman–Crippen MR) is 61.3 cm³/mol. The van der Waals surface area contributed by atoms with E-state index in [1.807, 2.05) is 0 Å². The molecule has 9 nitrogen and oxygen atoms in total. The molecule has 19 heavy (non-hydrogen) atoms. The van der Waals surface area contributed by atoms with Crippen LogP contribution in [0, 0.1) is 0 Å². The lowest BCUT2D eigenvalue weighted by molar-refractivity contribution is -0.0549. The monoisotopic (exact) mass is 271 g/mol. The Bertz CT molecular complexity index is 545. The Morgan fingerprint density at radius 2 is 2.16 bits per heavy atom. The Balaban J connectivity index is 2.43. The van der Waals surface area contributed by atoms with Gasteiger partial charge in [0.25, 0.3) is 0 Å². The fourth-order valence-corrected chi connectivity index (χ4v) is 1.88. The van der Waals surface area contributed by atoms with Crippen molar-refractivity contribution in [3.63, 3.8) is 0 Å². The van der Waals surface area contributed by atoms with Crippen molar-refractivity contribution in [2.75, 3.05) is 12.3 Å². The van der Waals surface area contributed by atoms with Gasteiger partial charge in [-0.25, -0.2) is 4.79 Å². The Morgan fingerprint density at radius 1 is 1.47 bits per heavy atom. The third-order valence-electron chi connectivity index (χ3n) is 2.93. The first kappa shape index (κ1) is 13.6. The number of carbonyl (C=O) groups is 1. The summed E-state index contributed by atoms with van der Waals surface area (Å²) in [7, 11) is 0. The second kappa shape index (κ2) is 5.05. The highest BCUT2D eigenvalue weighted by Crippen LogP contribution is 2.28. The lowest BCUT2D eigenvalue weighted by atomic mass is 10.1. The molecule has 1 aliphatic heterocycles. The number of aliphatic hydroxyl groups is 3. The van der Waals surface area contributed by atoms with Crippen molar-refractivity contribution in [2.24, 2.45) is 0 Å². The van der Waals surface area contributed by atoms with Crippen LogP contribution < -0.4 is 11.4 Å². The van der Waals surface area contributed by atoms with Gasteiger partial charge < -0.3 is 25.8 Å². The minimum Gasteiger partial charge on any atom is -0.394 e. The number of ether oxygens (including phenoxy) is 1. The highest BCUT2D eigenvalue weighted by molar-refractivity contribution is 5.80. The molecule has 0 amide bonds. The van der Waals surface area contributed by atoms with Gasteiger partial charge in [-0.15, -0.1) is 0 Å². The van der Waals surface area contributed by atoms with Crippen LogP contribution in [-0.4, -0.2) is 56.1 Å². The molecule has 104 valence electrons. The maximum Gasteiger partial charge on any atom is 0.351 e. The highest BCUT2D eigenvalue weighted by atomic mass is 16.6. The average Bonchev–Trinajstić information content (AvgIpc) is 2.67. The zero-order chi connectivity index (χ0) is 14.2. The van der Waals surface area contributed by atoms with Crippen LogP contribution in [-0.2, 0) is 4.74 Å². The van der Waals surface area contributed by atoms with E-state index >= 15 is 0 Å². The second-order valence-electron chi connectivity index (χ2n) is 4.12. The first-order valence-electron chi connectivity index (χ1n) is 5.46. The van der Waals surface area contributed by atoms with E-state index in [0.717, 1.165) is 10.8 Å². The van der Waals surface area contributed by atoms with E-state index < -0.39 is 36.8 Å². The Labute approximate surface area is 106 Å². The van der Waals surface area contributed by atoms with E-state index in [4.69, 9.17) is 15.6 Å². The number of nitrogens with zero attached hydrogens (tertiary/aromatic N) is 2. The summed E-state index contributed by atoms with van der Waals surface area (Å²) >= 11 is 0. The van der Waals surface area contributed by atoms with Gasteiger partial charge in [0.1, 0.15) is 24.1 Å². The van der Waals surface area contributed by atoms with Crippen molar-refractivity contribution in [2.45, 2.75) is 24.5 Å². The topological polar surface area (TPSA) is 148 Å². The van der Waals surface area contributed by atoms with Crippen molar-refractivity contribution in [3.8, 4) is 0 Å². The summed E-state index contributed by atoms with van der Waals surface area (Å²) in [6.45, 7) is -0.521. The molecular weight excluding hydrogens is 258 g/mol. The van der Waals surface area contributed by atoms with E-state index in [0.29, 0.717) is 6.29 Å². The van der Waals surface area contributed by atoms with Gasteiger partial charge in [0, 0.05) is 6.20 Å². The first-order valence-corrected chi connectivity index (χ1v) is 5.46. The summed E-state index contributed by atoms with van der Waals surface area (Å²) in [4.78, 5) is 25.8. The molecule has 2 rings (SSSR count). The molecule has 4 atom stereocenters. The van der Waals surface area contributed by atoms with Gasteiger partial charge >= 0.3 is 5.69 Å². The number of nitrogen functional groups attached to an aromatic ring is 1. The SMILES string of the molecule is Nc1nc(=O)n([C@@H]2O[C@H](CO)[C@H](O)[C@H]2O)cc1C=O. The minimum atomic E-state index is -1.43. The van der Waals surface area contributed by atoms with Crippen LogP contribution in [0.1, 0.15) is 16.6 Å². The van der Waals surface area contributed by atoms with Gasteiger partial charge in [-0.1, -0.05) is 0 Å². The van der Waals surface area contributed by atoms with Gasteiger partial charge in [-0.05, 0) is 0 Å². The van der Waals surface area contributed by atoms with E-state index in [-0.39, 0.29) is 11.4 Å². The van der Waals surface area contributed by atoms with Crippen LogP contribution in [0.5, 0.6) is 0 Å². The van der Waals surface area contributed by atoms with Crippen molar-refractivity contribution in [3.05, 3.63) is 22.2 Å². The molecule has 1 aliphatic rings. The molecule has 1 saturated heterocycles. The number of aldehydes is 1. The van der Waals surface area contributed by atoms with Crippen LogP contribution in [0.4, 0.5) is 5.82 Å². The molecule has 0 bridgehead atoms. The summed E-state index contributed by atoms with van der Waals surface area (Å²) in [5.41, 5.74) is 4.49. The smallest absolute Gasteiger partial charge is 0.351 e. The van der Waals surface area contributed by atoms with Crippen LogP contribution in [0.15, 0.2) is 11.0 Å². The zero-order valence-corrected chi connectivity index (χ0v) is 9.71. The molecule has 1 fully saturated rings. The summed E-state index contributed by atoms with van der Waals surface area (Å²) in [5.74, 6) is -0.233. The molecule has 0 aromatic carbocycles. The predicted octanol–water partition coefficient (Wildman–Crippen LogP) is -2.75. The number of rotatable bonds is 3. The van der Waals surface area contributed by atoms with Crippen LogP contribution in [0.3, 0.4) is 0 Å². The number of aliphatic hydroxyl groups excluding tert-OH is 3. The fourth-order valence-electron chi connectivity index (χ4n) is 1.88. The van der Waals surface area contributed by atoms with Gasteiger partial charge in [-0.2, -0.15) is 4.98 Å². The van der Waals surface area contributed by atoms with Crippen molar-refractivity contribution in [1.82, 2.24) is 9.55 Å². The molecule has 0 saturated carbocycles. The molecule has 1 aromatic rings. The summed E-state index contributed by atoms with van der Waals surface area (Å²) < 4.78 is 6.01.